The fraction of sp³-hybridized carbons (Fsp3) is 0.609. The van der Waals surface area contributed by atoms with Gasteiger partial charge in [0.25, 0.3) is 0 Å². The van der Waals surface area contributed by atoms with Crippen LogP contribution >= 0.6 is 0 Å². The number of benzene rings is 1. The van der Waals surface area contributed by atoms with Crippen LogP contribution in [0.1, 0.15) is 52.0 Å². The molecule has 0 bridgehead atoms. The minimum atomic E-state index is -0.678. The molecule has 2 N–H and O–H groups in total. The Hall–Kier alpha value is -2.61. The van der Waals surface area contributed by atoms with Gasteiger partial charge in [0, 0.05) is 18.6 Å². The van der Waals surface area contributed by atoms with Crippen LogP contribution in [0, 0.1) is 11.8 Å². The lowest BCUT2D eigenvalue weighted by atomic mass is 9.93. The molecule has 168 valence electrons. The molecule has 2 unspecified atom stereocenters. The van der Waals surface area contributed by atoms with Crippen molar-refractivity contribution in [1.82, 2.24) is 19.4 Å². The maximum Gasteiger partial charge on any atom is 0.337 e. The number of nitrogens with zero attached hydrogens (tertiary/aromatic N) is 3. The third-order valence-corrected chi connectivity index (χ3v) is 6.96. The second-order valence-electron chi connectivity index (χ2n) is 9.18. The minimum absolute atomic E-state index is 0.0407. The summed E-state index contributed by atoms with van der Waals surface area (Å²) in [4.78, 5) is 39.6. The predicted molar refractivity (Wildman–Crippen MR) is 118 cm³/mol. The Morgan fingerprint density at radius 3 is 2.42 bits per heavy atom. The average molecular weight is 429 g/mol. The minimum Gasteiger partial charge on any atom is -0.481 e. The quantitative estimate of drug-likeness (QED) is 0.763. The van der Waals surface area contributed by atoms with Crippen LogP contribution in [0.3, 0.4) is 0 Å². The van der Waals surface area contributed by atoms with E-state index < -0.39 is 5.97 Å². The Balaban J connectivity index is 1.38. The van der Waals surface area contributed by atoms with E-state index in [4.69, 9.17) is 0 Å². The van der Waals surface area contributed by atoms with Crippen molar-refractivity contribution in [3.8, 4) is 0 Å². The zero-order valence-electron chi connectivity index (χ0n) is 18.3. The van der Waals surface area contributed by atoms with Crippen LogP contribution in [0.15, 0.2) is 29.1 Å². The molecule has 4 rings (SSSR count). The van der Waals surface area contributed by atoms with Gasteiger partial charge in [-0.05, 0) is 70.7 Å². The van der Waals surface area contributed by atoms with Gasteiger partial charge in [0.1, 0.15) is 0 Å². The first-order valence-corrected chi connectivity index (χ1v) is 11.4. The van der Waals surface area contributed by atoms with Crippen molar-refractivity contribution in [1.29, 1.82) is 0 Å². The second kappa shape index (κ2) is 8.86. The molecule has 0 spiro atoms. The van der Waals surface area contributed by atoms with Gasteiger partial charge in [-0.15, -0.1) is 0 Å². The molecule has 8 nitrogen and oxygen atoms in total. The number of hydrogen-bond donors (Lipinski definition) is 2. The first kappa shape index (κ1) is 21.6. The summed E-state index contributed by atoms with van der Waals surface area (Å²) in [5.41, 5.74) is 1.06. The van der Waals surface area contributed by atoms with Crippen molar-refractivity contribution in [3.63, 3.8) is 0 Å². The number of para-hydroxylation sites is 2. The zero-order chi connectivity index (χ0) is 22.1. The summed E-state index contributed by atoms with van der Waals surface area (Å²) in [6.45, 7) is 6.11. The second-order valence-corrected chi connectivity index (χ2v) is 9.18. The molecular formula is C23H32N4O4. The highest BCUT2D eigenvalue weighted by Crippen LogP contribution is 2.32. The molecule has 1 aliphatic carbocycles. The number of likely N-dealkylation sites (tertiary alicyclic amines) is 1. The van der Waals surface area contributed by atoms with Crippen LogP contribution in [0.2, 0.25) is 0 Å². The third-order valence-electron chi connectivity index (χ3n) is 6.96. The van der Waals surface area contributed by atoms with E-state index in [1.54, 1.807) is 10.6 Å². The van der Waals surface area contributed by atoms with Gasteiger partial charge in [0.15, 0.2) is 0 Å². The molecule has 2 fully saturated rings. The number of piperidine rings is 1. The van der Waals surface area contributed by atoms with Crippen LogP contribution in [-0.4, -0.2) is 56.8 Å². The molecule has 1 aromatic heterocycles. The molecule has 31 heavy (non-hydrogen) atoms. The van der Waals surface area contributed by atoms with Crippen LogP contribution < -0.4 is 11.0 Å². The largest absolute Gasteiger partial charge is 0.481 e. The van der Waals surface area contributed by atoms with Crippen molar-refractivity contribution in [3.05, 3.63) is 34.7 Å². The number of rotatable bonds is 5. The molecule has 2 aliphatic rings. The Bertz CT molecular complexity index is 1020. The van der Waals surface area contributed by atoms with E-state index in [0.717, 1.165) is 50.7 Å². The van der Waals surface area contributed by atoms with Gasteiger partial charge in [0.05, 0.1) is 17.0 Å². The zero-order valence-corrected chi connectivity index (χ0v) is 18.3. The first-order chi connectivity index (χ1) is 14.9. The Labute approximate surface area is 181 Å². The first-order valence-electron chi connectivity index (χ1n) is 11.4. The molecule has 2 heterocycles. The molecule has 1 amide bonds. The van der Waals surface area contributed by atoms with E-state index in [0.29, 0.717) is 18.0 Å². The standard InChI is InChI=1S/C23H32N4O4/c1-15(2)26-19-7-3-4-8-20(19)27(23(26)31)22(30)24-14-16-10-12-25(13-11-16)18-9-5-6-17(18)21(28)29/h3-4,7-8,15-18H,5-6,9-14H2,1-2H3,(H,24,30)(H,28,29). The lowest BCUT2D eigenvalue weighted by Crippen LogP contribution is -2.47. The third kappa shape index (κ3) is 4.13. The number of imidazole rings is 1. The molecular weight excluding hydrogens is 396 g/mol. The van der Waals surface area contributed by atoms with Gasteiger partial charge in [-0.1, -0.05) is 18.6 Å². The van der Waals surface area contributed by atoms with Gasteiger partial charge >= 0.3 is 17.7 Å². The number of fused-ring (bicyclic) bond motifs is 1. The highest BCUT2D eigenvalue weighted by atomic mass is 16.4. The molecule has 1 saturated heterocycles. The maximum atomic E-state index is 12.9. The lowest BCUT2D eigenvalue weighted by molar-refractivity contribution is -0.143. The number of nitrogens with one attached hydrogen (secondary N) is 1. The number of hydrogen-bond acceptors (Lipinski definition) is 4. The number of amides is 1. The molecule has 1 saturated carbocycles. The molecule has 1 aliphatic heterocycles. The highest BCUT2D eigenvalue weighted by molar-refractivity contribution is 5.89. The summed E-state index contributed by atoms with van der Waals surface area (Å²) in [6, 6.07) is 7.09. The Morgan fingerprint density at radius 2 is 1.77 bits per heavy atom. The number of carbonyl (C=O) groups excluding carboxylic acids is 1. The fourth-order valence-corrected chi connectivity index (χ4v) is 5.33. The topological polar surface area (TPSA) is 96.6 Å². The highest BCUT2D eigenvalue weighted by Gasteiger charge is 2.38. The number of aliphatic carboxylic acids is 1. The SMILES string of the molecule is CC(C)n1c(=O)n(C(=O)NCC2CCN(C3CCCC3C(=O)O)CC2)c2ccccc21. The van der Waals surface area contributed by atoms with Crippen LogP contribution in [-0.2, 0) is 4.79 Å². The van der Waals surface area contributed by atoms with Gasteiger partial charge in [-0.2, -0.15) is 0 Å². The van der Waals surface area contributed by atoms with E-state index in [1.807, 2.05) is 32.0 Å². The Morgan fingerprint density at radius 1 is 1.10 bits per heavy atom. The van der Waals surface area contributed by atoms with Crippen molar-refractivity contribution in [2.24, 2.45) is 11.8 Å². The van der Waals surface area contributed by atoms with Gasteiger partial charge in [-0.25, -0.2) is 14.2 Å². The summed E-state index contributed by atoms with van der Waals surface area (Å²) in [5, 5.41) is 12.4. The molecule has 8 heteroatoms. The molecule has 1 aromatic carbocycles. The summed E-state index contributed by atoms with van der Waals surface area (Å²) in [5.74, 6) is -0.594. The summed E-state index contributed by atoms with van der Waals surface area (Å²) in [7, 11) is 0. The van der Waals surface area contributed by atoms with E-state index in [1.165, 1.54) is 4.57 Å². The van der Waals surface area contributed by atoms with Crippen LogP contribution in [0.4, 0.5) is 4.79 Å². The number of carbonyl (C=O) groups is 2. The van der Waals surface area contributed by atoms with Crippen molar-refractivity contribution >= 4 is 23.0 Å². The fourth-order valence-electron chi connectivity index (χ4n) is 5.33. The summed E-state index contributed by atoms with van der Waals surface area (Å²) >= 11 is 0. The maximum absolute atomic E-state index is 12.9. The smallest absolute Gasteiger partial charge is 0.337 e. The Kier molecular flexibility index (Phi) is 6.18. The number of aromatic nitrogens is 2. The van der Waals surface area contributed by atoms with Crippen molar-refractivity contribution in [2.45, 2.75) is 58.0 Å². The average Bonchev–Trinajstić information content (AvgIpc) is 3.34. The number of carboxylic acids is 1. The molecule has 2 atom stereocenters. The van der Waals surface area contributed by atoms with Crippen LogP contribution in [0.5, 0.6) is 0 Å². The van der Waals surface area contributed by atoms with E-state index in [-0.39, 0.29) is 29.7 Å². The monoisotopic (exact) mass is 428 g/mol. The molecule has 2 aromatic rings. The van der Waals surface area contributed by atoms with Gasteiger partial charge in [-0.3, -0.25) is 14.3 Å². The van der Waals surface area contributed by atoms with E-state index >= 15 is 0 Å². The van der Waals surface area contributed by atoms with Gasteiger partial charge in [0.2, 0.25) is 0 Å². The summed E-state index contributed by atoms with van der Waals surface area (Å²) < 4.78 is 2.88. The van der Waals surface area contributed by atoms with Gasteiger partial charge < -0.3 is 10.4 Å². The molecule has 0 radical (unpaired) electrons. The predicted octanol–water partition coefficient (Wildman–Crippen LogP) is 2.91. The van der Waals surface area contributed by atoms with Crippen LogP contribution in [0.25, 0.3) is 11.0 Å². The summed E-state index contributed by atoms with van der Waals surface area (Å²) in [6.07, 6.45) is 4.56. The normalized spacial score (nSPS) is 22.9. The van der Waals surface area contributed by atoms with E-state index in [2.05, 4.69) is 10.2 Å². The van der Waals surface area contributed by atoms with Crippen molar-refractivity contribution < 1.29 is 14.7 Å². The lowest BCUT2D eigenvalue weighted by Gasteiger charge is -2.37. The van der Waals surface area contributed by atoms with Crippen molar-refractivity contribution in [2.75, 3.05) is 19.6 Å². The van der Waals surface area contributed by atoms with E-state index in [9.17, 15) is 19.5 Å². The number of carboxylic acid groups (broad SMARTS) is 1.